The van der Waals surface area contributed by atoms with Crippen LogP contribution in [0.3, 0.4) is 0 Å². The van der Waals surface area contributed by atoms with Gasteiger partial charge in [-0.15, -0.1) is 0 Å². The Balaban J connectivity index is 2.06. The van der Waals surface area contributed by atoms with Gasteiger partial charge in [0.25, 0.3) is 0 Å². The molecule has 2 aromatic rings. The lowest BCUT2D eigenvalue weighted by atomic mass is 10.2. The van der Waals surface area contributed by atoms with Gasteiger partial charge in [-0.2, -0.15) is 0 Å². The number of nitrogens with zero attached hydrogens (tertiary/aromatic N) is 1. The molecular weight excluding hydrogens is 218 g/mol. The number of rotatable bonds is 5. The molecule has 0 aliphatic carbocycles. The third-order valence-electron chi connectivity index (χ3n) is 2.66. The molecule has 0 spiro atoms. The number of aromatic amines is 1. The molecule has 1 aromatic carbocycles. The van der Waals surface area contributed by atoms with Crippen LogP contribution in [0.15, 0.2) is 24.3 Å². The first-order chi connectivity index (χ1) is 8.20. The molecule has 0 fully saturated rings. The number of H-pyrrole nitrogens is 1. The number of imidazole rings is 1. The highest BCUT2D eigenvalue weighted by Gasteiger charge is 2.14. The molecule has 0 aliphatic rings. The largest absolute Gasteiger partial charge is 0.480 e. The molecule has 0 saturated heterocycles. The van der Waals surface area contributed by atoms with Gasteiger partial charge in [-0.1, -0.05) is 19.1 Å². The Kier molecular flexibility index (Phi) is 3.39. The Morgan fingerprint density at radius 1 is 1.53 bits per heavy atom. The number of hydrogen-bond donors (Lipinski definition) is 3. The van der Waals surface area contributed by atoms with Crippen LogP contribution in [0.2, 0.25) is 0 Å². The maximum absolute atomic E-state index is 10.8. The third-order valence-corrected chi connectivity index (χ3v) is 2.66. The van der Waals surface area contributed by atoms with Crippen LogP contribution >= 0.6 is 0 Å². The summed E-state index contributed by atoms with van der Waals surface area (Å²) in [5.74, 6) is -0.0745. The molecule has 17 heavy (non-hydrogen) atoms. The fourth-order valence-corrected chi connectivity index (χ4v) is 1.72. The van der Waals surface area contributed by atoms with Gasteiger partial charge in [0.15, 0.2) is 0 Å². The van der Waals surface area contributed by atoms with Crippen LogP contribution in [0.25, 0.3) is 11.0 Å². The fraction of sp³-hybridized carbons (Fsp3) is 0.333. The number of para-hydroxylation sites is 2. The van der Waals surface area contributed by atoms with E-state index in [2.05, 4.69) is 15.3 Å². The van der Waals surface area contributed by atoms with E-state index in [1.165, 1.54) is 0 Å². The van der Waals surface area contributed by atoms with Crippen LogP contribution in [-0.4, -0.2) is 27.1 Å². The Hall–Kier alpha value is -1.88. The van der Waals surface area contributed by atoms with Gasteiger partial charge >= 0.3 is 5.97 Å². The molecule has 0 amide bonds. The van der Waals surface area contributed by atoms with Gasteiger partial charge in [0.05, 0.1) is 17.6 Å². The summed E-state index contributed by atoms with van der Waals surface area (Å²) in [6.07, 6.45) is 0.551. The number of benzene rings is 1. The third kappa shape index (κ3) is 2.62. The van der Waals surface area contributed by atoms with Crippen molar-refractivity contribution in [3.63, 3.8) is 0 Å². The van der Waals surface area contributed by atoms with Crippen molar-refractivity contribution in [1.29, 1.82) is 0 Å². The summed E-state index contributed by atoms with van der Waals surface area (Å²) in [7, 11) is 0. The van der Waals surface area contributed by atoms with E-state index < -0.39 is 12.0 Å². The standard InChI is InChI=1S/C12H15N3O2/c1-2-8(12(16)17)13-7-11-14-9-5-3-4-6-10(9)15-11/h3-6,8,13H,2,7H2,1H3,(H,14,15)(H,16,17). The summed E-state index contributed by atoms with van der Waals surface area (Å²) < 4.78 is 0. The quantitative estimate of drug-likeness (QED) is 0.731. The van der Waals surface area contributed by atoms with Crippen molar-refractivity contribution >= 4 is 17.0 Å². The topological polar surface area (TPSA) is 78.0 Å². The molecule has 0 saturated carbocycles. The Morgan fingerprint density at radius 2 is 2.29 bits per heavy atom. The minimum atomic E-state index is -0.830. The summed E-state index contributed by atoms with van der Waals surface area (Å²) >= 11 is 0. The normalized spacial score (nSPS) is 12.8. The van der Waals surface area contributed by atoms with Gasteiger partial charge < -0.3 is 10.1 Å². The van der Waals surface area contributed by atoms with E-state index in [0.717, 1.165) is 16.9 Å². The monoisotopic (exact) mass is 233 g/mol. The molecule has 0 bridgehead atoms. The second-order valence-electron chi connectivity index (χ2n) is 3.88. The Bertz CT molecular complexity index is 488. The van der Waals surface area contributed by atoms with Crippen LogP contribution in [0, 0.1) is 0 Å². The predicted octanol–water partition coefficient (Wildman–Crippen LogP) is 1.52. The van der Waals surface area contributed by atoms with Crippen molar-refractivity contribution in [1.82, 2.24) is 15.3 Å². The number of aliphatic carboxylic acids is 1. The predicted molar refractivity (Wildman–Crippen MR) is 64.6 cm³/mol. The van der Waals surface area contributed by atoms with E-state index in [1.54, 1.807) is 0 Å². The maximum Gasteiger partial charge on any atom is 0.320 e. The first-order valence-electron chi connectivity index (χ1n) is 5.60. The molecule has 2 rings (SSSR count). The SMILES string of the molecule is CCC(NCc1nc2ccccc2[nH]1)C(=O)O. The summed E-state index contributed by atoms with van der Waals surface area (Å²) in [5, 5.41) is 11.9. The molecule has 3 N–H and O–H groups in total. The van der Waals surface area contributed by atoms with E-state index in [0.29, 0.717) is 13.0 Å². The van der Waals surface area contributed by atoms with Crippen molar-refractivity contribution in [2.24, 2.45) is 0 Å². The average molecular weight is 233 g/mol. The second kappa shape index (κ2) is 4.97. The van der Waals surface area contributed by atoms with Crippen molar-refractivity contribution in [2.45, 2.75) is 25.9 Å². The van der Waals surface area contributed by atoms with Crippen LogP contribution in [-0.2, 0) is 11.3 Å². The molecule has 90 valence electrons. The maximum atomic E-state index is 10.8. The van der Waals surface area contributed by atoms with Gasteiger partial charge in [0.1, 0.15) is 11.9 Å². The first-order valence-corrected chi connectivity index (χ1v) is 5.60. The van der Waals surface area contributed by atoms with E-state index in [4.69, 9.17) is 5.11 Å². The van der Waals surface area contributed by atoms with Crippen molar-refractivity contribution in [2.75, 3.05) is 0 Å². The van der Waals surface area contributed by atoms with Crippen LogP contribution < -0.4 is 5.32 Å². The van der Waals surface area contributed by atoms with Crippen LogP contribution in [0.1, 0.15) is 19.2 Å². The molecule has 1 heterocycles. The molecule has 0 aliphatic heterocycles. The summed E-state index contributed by atoms with van der Waals surface area (Å²) in [6, 6.07) is 7.20. The van der Waals surface area contributed by atoms with Gasteiger partial charge in [0, 0.05) is 0 Å². The lowest BCUT2D eigenvalue weighted by molar-refractivity contribution is -0.139. The smallest absolute Gasteiger partial charge is 0.320 e. The van der Waals surface area contributed by atoms with Gasteiger partial charge in [-0.3, -0.25) is 10.1 Å². The lowest BCUT2D eigenvalue weighted by Gasteiger charge is -2.10. The van der Waals surface area contributed by atoms with Gasteiger partial charge in [-0.25, -0.2) is 4.98 Å². The minimum Gasteiger partial charge on any atom is -0.480 e. The molecule has 5 nitrogen and oxygen atoms in total. The van der Waals surface area contributed by atoms with E-state index >= 15 is 0 Å². The highest BCUT2D eigenvalue weighted by molar-refractivity contribution is 5.75. The zero-order valence-corrected chi connectivity index (χ0v) is 9.60. The molecule has 5 heteroatoms. The first kappa shape index (κ1) is 11.6. The molecule has 0 radical (unpaired) electrons. The number of aromatic nitrogens is 2. The fourth-order valence-electron chi connectivity index (χ4n) is 1.72. The highest BCUT2D eigenvalue weighted by atomic mass is 16.4. The molecule has 1 aromatic heterocycles. The lowest BCUT2D eigenvalue weighted by Crippen LogP contribution is -2.35. The zero-order chi connectivity index (χ0) is 12.3. The number of fused-ring (bicyclic) bond motifs is 1. The Labute approximate surface area is 98.9 Å². The molecular formula is C12H15N3O2. The highest BCUT2D eigenvalue weighted by Crippen LogP contribution is 2.10. The van der Waals surface area contributed by atoms with Crippen molar-refractivity contribution < 1.29 is 9.90 Å². The molecule has 1 atom stereocenters. The van der Waals surface area contributed by atoms with Crippen molar-refractivity contribution in [3.8, 4) is 0 Å². The second-order valence-corrected chi connectivity index (χ2v) is 3.88. The average Bonchev–Trinajstić information content (AvgIpc) is 2.71. The Morgan fingerprint density at radius 3 is 2.94 bits per heavy atom. The molecule has 1 unspecified atom stereocenters. The van der Waals surface area contributed by atoms with Crippen LogP contribution in [0.5, 0.6) is 0 Å². The summed E-state index contributed by atoms with van der Waals surface area (Å²) in [6.45, 7) is 2.27. The van der Waals surface area contributed by atoms with E-state index in [1.807, 2.05) is 31.2 Å². The number of carboxylic acids is 1. The van der Waals surface area contributed by atoms with E-state index in [9.17, 15) is 4.79 Å². The number of carbonyl (C=O) groups is 1. The van der Waals surface area contributed by atoms with Crippen molar-refractivity contribution in [3.05, 3.63) is 30.1 Å². The van der Waals surface area contributed by atoms with Gasteiger partial charge in [-0.05, 0) is 18.6 Å². The minimum absolute atomic E-state index is 0.430. The summed E-state index contributed by atoms with van der Waals surface area (Å²) in [4.78, 5) is 18.3. The van der Waals surface area contributed by atoms with Crippen LogP contribution in [0.4, 0.5) is 0 Å². The number of hydrogen-bond acceptors (Lipinski definition) is 3. The number of nitrogens with one attached hydrogen (secondary N) is 2. The van der Waals surface area contributed by atoms with Gasteiger partial charge in [0.2, 0.25) is 0 Å². The summed E-state index contributed by atoms with van der Waals surface area (Å²) in [5.41, 5.74) is 1.86. The number of carboxylic acid groups (broad SMARTS) is 1. The van der Waals surface area contributed by atoms with E-state index in [-0.39, 0.29) is 0 Å². The zero-order valence-electron chi connectivity index (χ0n) is 9.60.